The molecule has 0 aromatic carbocycles. The average molecular weight is 373 g/mol. The normalized spacial score (nSPS) is 17.5. The molecule has 1 aromatic heterocycles. The van der Waals surface area contributed by atoms with Crippen LogP contribution in [0.1, 0.15) is 43.6 Å². The van der Waals surface area contributed by atoms with Gasteiger partial charge in [0.1, 0.15) is 6.10 Å². The first-order valence-corrected chi connectivity index (χ1v) is 9.95. The number of aliphatic imine (C=N–C) groups is 1. The molecule has 0 bridgehead atoms. The molecule has 24 heavy (non-hydrogen) atoms. The fourth-order valence-electron chi connectivity index (χ4n) is 3.00. The standard InChI is InChI=1S/C17H29ClN4OS/c1-3-19-17(20-10-11-22(2)13-6-4-5-7-13)21-12-14(23)15-8-9-16(18)24-15/h8-9,13-14,23H,3-7,10-12H2,1-2H3,(H2,19,20,21). The number of guanidine groups is 1. The average Bonchev–Trinajstić information content (AvgIpc) is 3.23. The molecule has 0 aliphatic heterocycles. The molecule has 1 unspecified atom stereocenters. The number of aliphatic hydroxyl groups excluding tert-OH is 1. The van der Waals surface area contributed by atoms with Crippen LogP contribution in [0.3, 0.4) is 0 Å². The molecule has 1 fully saturated rings. The maximum Gasteiger partial charge on any atom is 0.191 e. The second kappa shape index (κ2) is 10.2. The van der Waals surface area contributed by atoms with E-state index in [0.29, 0.717) is 10.9 Å². The number of hydrogen-bond acceptors (Lipinski definition) is 4. The van der Waals surface area contributed by atoms with Crippen LogP contribution in [0.4, 0.5) is 0 Å². The number of rotatable bonds is 8. The molecule has 5 nitrogen and oxygen atoms in total. The van der Waals surface area contributed by atoms with Gasteiger partial charge < -0.3 is 20.6 Å². The largest absolute Gasteiger partial charge is 0.386 e. The molecular weight excluding hydrogens is 344 g/mol. The van der Waals surface area contributed by atoms with Gasteiger partial charge in [-0.2, -0.15) is 0 Å². The summed E-state index contributed by atoms with van der Waals surface area (Å²) in [5.41, 5.74) is 0. The first-order valence-electron chi connectivity index (χ1n) is 8.76. The molecule has 0 spiro atoms. The van der Waals surface area contributed by atoms with Crippen LogP contribution < -0.4 is 10.6 Å². The summed E-state index contributed by atoms with van der Waals surface area (Å²) in [6, 6.07) is 4.39. The number of nitrogens with zero attached hydrogens (tertiary/aromatic N) is 2. The third kappa shape index (κ3) is 6.24. The van der Waals surface area contributed by atoms with E-state index in [1.165, 1.54) is 37.0 Å². The van der Waals surface area contributed by atoms with Gasteiger partial charge in [-0.1, -0.05) is 24.4 Å². The van der Waals surface area contributed by atoms with Crippen molar-refractivity contribution in [2.45, 2.75) is 44.8 Å². The highest BCUT2D eigenvalue weighted by Crippen LogP contribution is 2.26. The van der Waals surface area contributed by atoms with Crippen LogP contribution in [-0.4, -0.2) is 55.2 Å². The van der Waals surface area contributed by atoms with Crippen molar-refractivity contribution in [2.75, 3.05) is 33.2 Å². The summed E-state index contributed by atoms with van der Waals surface area (Å²) in [6.07, 6.45) is 4.74. The van der Waals surface area contributed by atoms with Gasteiger partial charge in [0.25, 0.3) is 0 Å². The lowest BCUT2D eigenvalue weighted by atomic mass is 10.2. The fraction of sp³-hybridized carbons (Fsp3) is 0.706. The van der Waals surface area contributed by atoms with Crippen molar-refractivity contribution in [1.82, 2.24) is 15.5 Å². The van der Waals surface area contributed by atoms with E-state index < -0.39 is 6.10 Å². The highest BCUT2D eigenvalue weighted by molar-refractivity contribution is 7.16. The molecule has 0 radical (unpaired) electrons. The van der Waals surface area contributed by atoms with Crippen LogP contribution in [-0.2, 0) is 0 Å². The molecule has 1 atom stereocenters. The zero-order valence-corrected chi connectivity index (χ0v) is 16.2. The maximum atomic E-state index is 10.2. The summed E-state index contributed by atoms with van der Waals surface area (Å²) in [7, 11) is 2.20. The smallest absolute Gasteiger partial charge is 0.191 e. The predicted octanol–water partition coefficient (Wildman–Crippen LogP) is 2.86. The number of halogens is 1. The van der Waals surface area contributed by atoms with Gasteiger partial charge in [-0.3, -0.25) is 4.99 Å². The number of likely N-dealkylation sites (N-methyl/N-ethyl adjacent to an activating group) is 1. The van der Waals surface area contributed by atoms with Crippen molar-refractivity contribution >= 4 is 28.9 Å². The van der Waals surface area contributed by atoms with E-state index in [4.69, 9.17) is 11.6 Å². The Bertz CT molecular complexity index is 516. The topological polar surface area (TPSA) is 59.9 Å². The molecule has 0 saturated heterocycles. The summed E-state index contributed by atoms with van der Waals surface area (Å²) in [5.74, 6) is 0.749. The third-order valence-corrected chi connectivity index (χ3v) is 5.73. The second-order valence-corrected chi connectivity index (χ2v) is 7.97. The molecule has 7 heteroatoms. The minimum atomic E-state index is -0.612. The SMILES string of the molecule is CCNC(=NCC(O)c1ccc(Cl)s1)NCCN(C)C1CCCC1. The summed E-state index contributed by atoms with van der Waals surface area (Å²) in [4.78, 5) is 7.77. The van der Waals surface area contributed by atoms with Crippen molar-refractivity contribution in [3.63, 3.8) is 0 Å². The Morgan fingerprint density at radius 3 is 2.79 bits per heavy atom. The highest BCUT2D eigenvalue weighted by Gasteiger charge is 2.18. The van der Waals surface area contributed by atoms with Crippen molar-refractivity contribution in [2.24, 2.45) is 4.99 Å². The van der Waals surface area contributed by atoms with Crippen molar-refractivity contribution in [3.8, 4) is 0 Å². The van der Waals surface area contributed by atoms with Crippen LogP contribution in [0.25, 0.3) is 0 Å². The van der Waals surface area contributed by atoms with Gasteiger partial charge in [-0.05, 0) is 38.9 Å². The molecule has 1 aliphatic carbocycles. The summed E-state index contributed by atoms with van der Waals surface area (Å²) < 4.78 is 0.688. The molecule has 3 N–H and O–H groups in total. The molecule has 1 heterocycles. The molecule has 2 rings (SSSR count). The van der Waals surface area contributed by atoms with Crippen LogP contribution in [0, 0.1) is 0 Å². The summed E-state index contributed by atoms with van der Waals surface area (Å²) in [6.45, 7) is 5.01. The van der Waals surface area contributed by atoms with Gasteiger partial charge in [-0.15, -0.1) is 11.3 Å². The monoisotopic (exact) mass is 372 g/mol. The van der Waals surface area contributed by atoms with Crippen molar-refractivity contribution in [1.29, 1.82) is 0 Å². The van der Waals surface area contributed by atoms with Crippen molar-refractivity contribution in [3.05, 3.63) is 21.3 Å². The van der Waals surface area contributed by atoms with E-state index in [1.807, 2.05) is 13.0 Å². The minimum Gasteiger partial charge on any atom is -0.386 e. The minimum absolute atomic E-state index is 0.324. The Morgan fingerprint density at radius 1 is 1.42 bits per heavy atom. The number of hydrogen-bond donors (Lipinski definition) is 3. The van der Waals surface area contributed by atoms with Gasteiger partial charge in [0.15, 0.2) is 5.96 Å². The zero-order chi connectivity index (χ0) is 17.4. The van der Waals surface area contributed by atoms with Crippen LogP contribution in [0.15, 0.2) is 17.1 Å². The zero-order valence-electron chi connectivity index (χ0n) is 14.6. The van der Waals surface area contributed by atoms with E-state index in [1.54, 1.807) is 6.07 Å². The molecule has 1 aliphatic rings. The quantitative estimate of drug-likeness (QED) is 0.485. The lowest BCUT2D eigenvalue weighted by molar-refractivity contribution is 0.191. The summed E-state index contributed by atoms with van der Waals surface area (Å²) in [5, 5.41) is 16.8. The van der Waals surface area contributed by atoms with Crippen LogP contribution in [0.2, 0.25) is 4.34 Å². The Labute approximate surface area is 154 Å². The number of aliphatic hydroxyl groups is 1. The molecular formula is C17H29ClN4OS. The fourth-order valence-corrected chi connectivity index (χ4v) is 4.03. The molecule has 0 amide bonds. The third-order valence-electron chi connectivity index (χ3n) is 4.39. The molecule has 1 saturated carbocycles. The Kier molecular flexibility index (Phi) is 8.32. The van der Waals surface area contributed by atoms with Gasteiger partial charge in [0.05, 0.1) is 10.9 Å². The maximum absolute atomic E-state index is 10.2. The lowest BCUT2D eigenvalue weighted by Crippen LogP contribution is -2.42. The first kappa shape index (κ1) is 19.5. The van der Waals surface area contributed by atoms with Gasteiger partial charge >= 0.3 is 0 Å². The molecule has 136 valence electrons. The van der Waals surface area contributed by atoms with Crippen molar-refractivity contribution < 1.29 is 5.11 Å². The Morgan fingerprint density at radius 2 is 2.17 bits per heavy atom. The van der Waals surface area contributed by atoms with E-state index in [2.05, 4.69) is 27.6 Å². The van der Waals surface area contributed by atoms with E-state index in [9.17, 15) is 5.11 Å². The lowest BCUT2D eigenvalue weighted by Gasteiger charge is -2.24. The van der Waals surface area contributed by atoms with Gasteiger partial charge in [0.2, 0.25) is 0 Å². The van der Waals surface area contributed by atoms with E-state index in [-0.39, 0.29) is 0 Å². The first-order chi connectivity index (χ1) is 11.6. The Balaban J connectivity index is 1.77. The Hall–Kier alpha value is -0.820. The van der Waals surface area contributed by atoms with Crippen LogP contribution in [0.5, 0.6) is 0 Å². The summed E-state index contributed by atoms with van der Waals surface area (Å²) >= 11 is 7.31. The number of nitrogens with one attached hydrogen (secondary N) is 2. The van der Waals surface area contributed by atoms with Gasteiger partial charge in [-0.25, -0.2) is 0 Å². The van der Waals surface area contributed by atoms with E-state index >= 15 is 0 Å². The van der Waals surface area contributed by atoms with Gasteiger partial charge in [0, 0.05) is 30.6 Å². The highest BCUT2D eigenvalue weighted by atomic mass is 35.5. The predicted molar refractivity (Wildman–Crippen MR) is 103 cm³/mol. The van der Waals surface area contributed by atoms with Crippen LogP contribution >= 0.6 is 22.9 Å². The number of thiophene rings is 1. The van der Waals surface area contributed by atoms with E-state index in [0.717, 1.165) is 36.5 Å². The molecule has 1 aromatic rings. The second-order valence-electron chi connectivity index (χ2n) is 6.22.